The standard InChI is InChI=1S/C10H12ClNO3S/c11-8-1-4-16-9(8)10(14)12-2-3-15-7(5-12)6-13/h1,4,7,13H,2-3,5-6H2. The van der Waals surface area contributed by atoms with E-state index in [0.717, 1.165) is 0 Å². The van der Waals surface area contributed by atoms with Gasteiger partial charge in [-0.2, -0.15) is 0 Å². The van der Waals surface area contributed by atoms with E-state index >= 15 is 0 Å². The van der Waals surface area contributed by atoms with Crippen LogP contribution in [0.25, 0.3) is 0 Å². The highest BCUT2D eigenvalue weighted by Crippen LogP contribution is 2.24. The van der Waals surface area contributed by atoms with Crippen LogP contribution in [0.5, 0.6) is 0 Å². The van der Waals surface area contributed by atoms with Gasteiger partial charge in [0.1, 0.15) is 4.88 Å². The summed E-state index contributed by atoms with van der Waals surface area (Å²) in [6, 6.07) is 1.71. The van der Waals surface area contributed by atoms with Gasteiger partial charge in [0.15, 0.2) is 0 Å². The zero-order valence-electron chi connectivity index (χ0n) is 8.56. The van der Waals surface area contributed by atoms with Gasteiger partial charge in [0.05, 0.1) is 24.3 Å². The second kappa shape index (κ2) is 5.14. The summed E-state index contributed by atoms with van der Waals surface area (Å²) < 4.78 is 5.28. The fraction of sp³-hybridized carbons (Fsp3) is 0.500. The second-order valence-corrected chi connectivity index (χ2v) is 4.85. The molecule has 2 rings (SSSR count). The summed E-state index contributed by atoms with van der Waals surface area (Å²) in [5, 5.41) is 11.3. The minimum atomic E-state index is -0.281. The summed E-state index contributed by atoms with van der Waals surface area (Å²) in [7, 11) is 0. The van der Waals surface area contributed by atoms with Crippen molar-refractivity contribution in [3.63, 3.8) is 0 Å². The zero-order valence-corrected chi connectivity index (χ0v) is 10.1. The number of thiophene rings is 1. The maximum atomic E-state index is 12.1. The van der Waals surface area contributed by atoms with E-state index in [-0.39, 0.29) is 18.6 Å². The topological polar surface area (TPSA) is 49.8 Å². The van der Waals surface area contributed by atoms with Gasteiger partial charge in [0.25, 0.3) is 5.91 Å². The van der Waals surface area contributed by atoms with Crippen LogP contribution in [0.3, 0.4) is 0 Å². The lowest BCUT2D eigenvalue weighted by Gasteiger charge is -2.31. The van der Waals surface area contributed by atoms with E-state index in [1.54, 1.807) is 16.3 Å². The number of amides is 1. The molecule has 0 radical (unpaired) electrons. The van der Waals surface area contributed by atoms with E-state index in [9.17, 15) is 4.79 Å². The molecule has 1 aromatic rings. The van der Waals surface area contributed by atoms with Crippen molar-refractivity contribution >= 4 is 28.8 Å². The molecule has 1 aromatic heterocycles. The Labute approximate surface area is 102 Å². The molecule has 0 aromatic carbocycles. The van der Waals surface area contributed by atoms with Crippen molar-refractivity contribution in [1.82, 2.24) is 4.90 Å². The molecule has 1 amide bonds. The highest BCUT2D eigenvalue weighted by molar-refractivity contribution is 7.12. The molecule has 1 aliphatic heterocycles. The fourth-order valence-corrected chi connectivity index (χ4v) is 2.71. The monoisotopic (exact) mass is 261 g/mol. The number of aliphatic hydroxyl groups excluding tert-OH is 1. The Bertz CT molecular complexity index is 382. The van der Waals surface area contributed by atoms with Crippen molar-refractivity contribution in [2.45, 2.75) is 6.10 Å². The first-order valence-corrected chi connectivity index (χ1v) is 6.23. The maximum Gasteiger partial charge on any atom is 0.265 e. The van der Waals surface area contributed by atoms with E-state index in [1.807, 2.05) is 0 Å². The molecule has 1 saturated heterocycles. The van der Waals surface area contributed by atoms with Crippen LogP contribution in [0.2, 0.25) is 5.02 Å². The van der Waals surface area contributed by atoms with Gasteiger partial charge in [0.2, 0.25) is 0 Å². The van der Waals surface area contributed by atoms with Gasteiger partial charge in [0, 0.05) is 13.1 Å². The Morgan fingerprint density at radius 3 is 3.19 bits per heavy atom. The average molecular weight is 262 g/mol. The number of halogens is 1. The Balaban J connectivity index is 2.07. The number of nitrogens with zero attached hydrogens (tertiary/aromatic N) is 1. The van der Waals surface area contributed by atoms with Gasteiger partial charge in [-0.1, -0.05) is 11.6 Å². The Kier molecular flexibility index (Phi) is 3.81. The lowest BCUT2D eigenvalue weighted by atomic mass is 10.2. The fourth-order valence-electron chi connectivity index (χ4n) is 1.60. The zero-order chi connectivity index (χ0) is 11.5. The molecule has 1 aliphatic rings. The summed E-state index contributed by atoms with van der Waals surface area (Å²) >= 11 is 7.24. The van der Waals surface area contributed by atoms with Gasteiger partial charge in [-0.05, 0) is 11.4 Å². The molecule has 16 heavy (non-hydrogen) atoms. The third-order valence-electron chi connectivity index (χ3n) is 2.44. The normalized spacial score (nSPS) is 21.1. The molecule has 1 unspecified atom stereocenters. The molecule has 1 atom stereocenters. The molecular weight excluding hydrogens is 250 g/mol. The van der Waals surface area contributed by atoms with Gasteiger partial charge in [-0.25, -0.2) is 0 Å². The number of carbonyl (C=O) groups is 1. The van der Waals surface area contributed by atoms with Crippen LogP contribution in [0, 0.1) is 0 Å². The summed E-state index contributed by atoms with van der Waals surface area (Å²) in [4.78, 5) is 14.3. The van der Waals surface area contributed by atoms with E-state index in [4.69, 9.17) is 21.4 Å². The summed E-state index contributed by atoms with van der Waals surface area (Å²) in [6.07, 6.45) is -0.281. The molecule has 0 aliphatic carbocycles. The van der Waals surface area contributed by atoms with Crippen molar-refractivity contribution < 1.29 is 14.6 Å². The number of morpholine rings is 1. The second-order valence-electron chi connectivity index (χ2n) is 3.52. The van der Waals surface area contributed by atoms with Crippen LogP contribution in [0.15, 0.2) is 11.4 Å². The number of aliphatic hydroxyl groups is 1. The van der Waals surface area contributed by atoms with E-state index < -0.39 is 0 Å². The third kappa shape index (κ3) is 2.38. The summed E-state index contributed by atoms with van der Waals surface area (Å²) in [5.41, 5.74) is 0. The van der Waals surface area contributed by atoms with Crippen molar-refractivity contribution in [3.8, 4) is 0 Å². The largest absolute Gasteiger partial charge is 0.394 e. The lowest BCUT2D eigenvalue weighted by Crippen LogP contribution is -2.46. The van der Waals surface area contributed by atoms with Crippen LogP contribution in [0.4, 0.5) is 0 Å². The highest BCUT2D eigenvalue weighted by Gasteiger charge is 2.26. The van der Waals surface area contributed by atoms with Gasteiger partial charge >= 0.3 is 0 Å². The van der Waals surface area contributed by atoms with Crippen LogP contribution < -0.4 is 0 Å². The van der Waals surface area contributed by atoms with Crippen molar-refractivity contribution in [2.75, 3.05) is 26.3 Å². The Morgan fingerprint density at radius 1 is 1.75 bits per heavy atom. The van der Waals surface area contributed by atoms with Gasteiger partial charge in [-0.3, -0.25) is 4.79 Å². The molecule has 6 heteroatoms. The summed E-state index contributed by atoms with van der Waals surface area (Å²) in [5.74, 6) is -0.0817. The molecular formula is C10H12ClNO3S. The Hall–Kier alpha value is -0.620. The summed E-state index contributed by atoms with van der Waals surface area (Å²) in [6.45, 7) is 1.36. The highest BCUT2D eigenvalue weighted by atomic mass is 35.5. The van der Waals surface area contributed by atoms with Crippen molar-refractivity contribution in [3.05, 3.63) is 21.3 Å². The smallest absolute Gasteiger partial charge is 0.265 e. The molecule has 4 nitrogen and oxygen atoms in total. The quantitative estimate of drug-likeness (QED) is 0.871. The molecule has 2 heterocycles. The molecule has 1 fully saturated rings. The van der Waals surface area contributed by atoms with Gasteiger partial charge in [-0.15, -0.1) is 11.3 Å². The van der Waals surface area contributed by atoms with Crippen LogP contribution in [-0.2, 0) is 4.74 Å². The number of hydrogen-bond donors (Lipinski definition) is 1. The predicted molar refractivity (Wildman–Crippen MR) is 62.1 cm³/mol. The molecule has 0 spiro atoms. The van der Waals surface area contributed by atoms with E-state index in [2.05, 4.69) is 0 Å². The van der Waals surface area contributed by atoms with Crippen LogP contribution in [0.1, 0.15) is 9.67 Å². The van der Waals surface area contributed by atoms with Crippen molar-refractivity contribution in [2.24, 2.45) is 0 Å². The number of rotatable bonds is 2. The maximum absolute atomic E-state index is 12.1. The van der Waals surface area contributed by atoms with E-state index in [0.29, 0.717) is 29.6 Å². The molecule has 1 N–H and O–H groups in total. The number of carbonyl (C=O) groups excluding carboxylic acids is 1. The number of hydrogen-bond acceptors (Lipinski definition) is 4. The minimum absolute atomic E-state index is 0.0675. The molecule has 0 saturated carbocycles. The third-order valence-corrected chi connectivity index (χ3v) is 3.77. The number of ether oxygens (including phenoxy) is 1. The van der Waals surface area contributed by atoms with E-state index in [1.165, 1.54) is 11.3 Å². The molecule has 88 valence electrons. The molecule has 0 bridgehead atoms. The minimum Gasteiger partial charge on any atom is -0.394 e. The van der Waals surface area contributed by atoms with Crippen molar-refractivity contribution in [1.29, 1.82) is 0 Å². The Morgan fingerprint density at radius 2 is 2.56 bits per heavy atom. The van der Waals surface area contributed by atoms with Crippen LogP contribution >= 0.6 is 22.9 Å². The van der Waals surface area contributed by atoms with Crippen LogP contribution in [-0.4, -0.2) is 48.3 Å². The average Bonchev–Trinajstić information content (AvgIpc) is 2.74. The lowest BCUT2D eigenvalue weighted by molar-refractivity contribution is -0.0446. The van der Waals surface area contributed by atoms with Gasteiger partial charge < -0.3 is 14.7 Å². The SMILES string of the molecule is O=C(c1sccc1Cl)N1CCOC(CO)C1. The predicted octanol–water partition coefficient (Wildman–Crippen LogP) is 1.23. The first kappa shape index (κ1) is 11.9. The first-order chi connectivity index (χ1) is 7.72. The first-order valence-electron chi connectivity index (χ1n) is 4.97.